The summed E-state index contributed by atoms with van der Waals surface area (Å²) < 4.78 is 16.1. The van der Waals surface area contributed by atoms with Crippen molar-refractivity contribution in [1.82, 2.24) is 10.2 Å². The minimum absolute atomic E-state index is 0.248. The van der Waals surface area contributed by atoms with Crippen molar-refractivity contribution < 1.29 is 33.7 Å². The second-order valence-electron chi connectivity index (χ2n) is 9.83. The largest absolute Gasteiger partial charge is 0.519 e. The van der Waals surface area contributed by atoms with Crippen molar-refractivity contribution in [3.05, 3.63) is 22.1 Å². The van der Waals surface area contributed by atoms with Crippen molar-refractivity contribution in [3.63, 3.8) is 0 Å². The molecule has 0 saturated carbocycles. The molecule has 1 amide bonds. The Balaban J connectivity index is 1.82. The lowest BCUT2D eigenvalue weighted by molar-refractivity contribution is -0.205. The SMILES string of the molecule is CCCC1CCC(C(=O)NC(C(C)Cl)[C@H]2O[C@H](SC)[C@H](O)[C@@H](O)[C@H]2O)N(Cc2oc(=O)oc2C)CC1. The molecule has 2 saturated heterocycles. The van der Waals surface area contributed by atoms with Crippen LogP contribution in [0.3, 0.4) is 0 Å². The number of carbonyl (C=O) groups is 1. The molecule has 0 radical (unpaired) electrons. The summed E-state index contributed by atoms with van der Waals surface area (Å²) >= 11 is 7.65. The van der Waals surface area contributed by atoms with E-state index in [2.05, 4.69) is 12.2 Å². The summed E-state index contributed by atoms with van der Waals surface area (Å²) in [5, 5.41) is 33.6. The minimum atomic E-state index is -1.44. The molecule has 0 spiro atoms. The lowest BCUT2D eigenvalue weighted by Crippen LogP contribution is -2.65. The van der Waals surface area contributed by atoms with Gasteiger partial charge in [-0.2, -0.15) is 0 Å². The molecular weight excluding hydrogens is 512 g/mol. The summed E-state index contributed by atoms with van der Waals surface area (Å²) in [5.74, 6) is 0.198. The zero-order valence-electron chi connectivity index (χ0n) is 21.3. The van der Waals surface area contributed by atoms with Crippen molar-refractivity contribution in [3.8, 4) is 0 Å². The van der Waals surface area contributed by atoms with Gasteiger partial charge in [-0.15, -0.1) is 23.4 Å². The average molecular weight is 551 g/mol. The lowest BCUT2D eigenvalue weighted by Gasteiger charge is -2.44. The van der Waals surface area contributed by atoms with E-state index in [1.165, 1.54) is 11.8 Å². The monoisotopic (exact) mass is 550 g/mol. The Hall–Kier alpha value is -1.08. The second-order valence-corrected chi connectivity index (χ2v) is 11.5. The first-order valence-electron chi connectivity index (χ1n) is 12.6. The normalized spacial score (nSPS) is 33.6. The van der Waals surface area contributed by atoms with Crippen LogP contribution < -0.4 is 11.1 Å². The molecule has 36 heavy (non-hydrogen) atoms. The summed E-state index contributed by atoms with van der Waals surface area (Å²) in [6.45, 7) is 6.37. The van der Waals surface area contributed by atoms with Crippen LogP contribution in [-0.2, 0) is 16.1 Å². The van der Waals surface area contributed by atoms with Crippen LogP contribution in [0, 0.1) is 12.8 Å². The number of aryl methyl sites for hydroxylation is 1. The molecule has 0 bridgehead atoms. The van der Waals surface area contributed by atoms with Crippen molar-refractivity contribution in [2.45, 2.75) is 107 Å². The Morgan fingerprint density at radius 3 is 2.50 bits per heavy atom. The van der Waals surface area contributed by atoms with Gasteiger partial charge in [0, 0.05) is 0 Å². The predicted molar refractivity (Wildman–Crippen MR) is 136 cm³/mol. The van der Waals surface area contributed by atoms with Crippen LogP contribution in [0.15, 0.2) is 13.6 Å². The van der Waals surface area contributed by atoms with Gasteiger partial charge in [0.25, 0.3) is 0 Å². The predicted octanol–water partition coefficient (Wildman–Crippen LogP) is 1.59. The molecule has 2 aliphatic heterocycles. The molecular formula is C24H39ClN2O8S. The van der Waals surface area contributed by atoms with Gasteiger partial charge in [-0.1, -0.05) is 19.8 Å². The van der Waals surface area contributed by atoms with E-state index in [0.29, 0.717) is 30.4 Å². The summed E-state index contributed by atoms with van der Waals surface area (Å²) in [4.78, 5) is 27.3. The van der Waals surface area contributed by atoms with Gasteiger partial charge in [0.15, 0.2) is 5.76 Å². The van der Waals surface area contributed by atoms with Crippen LogP contribution in [0.2, 0.25) is 0 Å². The molecule has 10 nitrogen and oxygen atoms in total. The fraction of sp³-hybridized carbons (Fsp3) is 0.833. The molecule has 0 aromatic carbocycles. The molecule has 206 valence electrons. The van der Waals surface area contributed by atoms with Gasteiger partial charge in [0.1, 0.15) is 35.6 Å². The Labute approximate surface area is 220 Å². The van der Waals surface area contributed by atoms with E-state index < -0.39 is 53.1 Å². The quantitative estimate of drug-likeness (QED) is 0.334. The third-order valence-electron chi connectivity index (χ3n) is 7.29. The standard InChI is InChI=1S/C24H39ClN2O8S/c1-5-6-14-7-8-15(27(10-9-14)11-16-13(3)33-24(32)34-16)22(31)26-17(12(2)25)21-19(29)18(28)20(30)23(35-21)36-4/h12,14-15,17-21,23,28-30H,5-11H2,1-4H3,(H,26,31)/t12?,14?,15?,17?,18-,19+,20+,21+,23+/m0/s1. The fourth-order valence-corrected chi connectivity index (χ4v) is 6.08. The van der Waals surface area contributed by atoms with Gasteiger partial charge in [-0.25, -0.2) is 4.79 Å². The maximum atomic E-state index is 13.7. The van der Waals surface area contributed by atoms with Crippen LogP contribution in [0.5, 0.6) is 0 Å². The Kier molecular flexibility index (Phi) is 10.7. The van der Waals surface area contributed by atoms with E-state index in [4.69, 9.17) is 25.2 Å². The number of rotatable bonds is 9. The minimum Gasteiger partial charge on any atom is -0.396 e. The summed E-state index contributed by atoms with van der Waals surface area (Å²) in [5.41, 5.74) is -0.778. The number of nitrogens with one attached hydrogen (secondary N) is 1. The first kappa shape index (κ1) is 29.5. The smallest absolute Gasteiger partial charge is 0.396 e. The Morgan fingerprint density at radius 1 is 1.19 bits per heavy atom. The first-order chi connectivity index (χ1) is 17.1. The molecule has 3 heterocycles. The van der Waals surface area contributed by atoms with Crippen LogP contribution in [0.4, 0.5) is 0 Å². The summed E-state index contributed by atoms with van der Waals surface area (Å²) in [6, 6.07) is -1.35. The molecule has 9 atom stereocenters. The van der Waals surface area contributed by atoms with E-state index in [1.54, 1.807) is 20.1 Å². The van der Waals surface area contributed by atoms with Crippen LogP contribution in [0.1, 0.15) is 57.5 Å². The number of hydrogen-bond acceptors (Lipinski definition) is 10. The number of ether oxygens (including phenoxy) is 1. The van der Waals surface area contributed by atoms with E-state index in [9.17, 15) is 24.9 Å². The first-order valence-corrected chi connectivity index (χ1v) is 14.3. The Morgan fingerprint density at radius 2 is 1.92 bits per heavy atom. The molecule has 1 aromatic rings. The Bertz CT molecular complexity index is 909. The topological polar surface area (TPSA) is 146 Å². The van der Waals surface area contributed by atoms with Gasteiger partial charge in [-0.3, -0.25) is 9.69 Å². The molecule has 4 N–H and O–H groups in total. The number of aliphatic hydroxyl groups is 3. The van der Waals surface area contributed by atoms with Crippen molar-refractivity contribution >= 4 is 29.3 Å². The highest BCUT2D eigenvalue weighted by Crippen LogP contribution is 2.31. The zero-order valence-corrected chi connectivity index (χ0v) is 22.8. The molecule has 3 rings (SSSR count). The molecule has 0 aliphatic carbocycles. The maximum absolute atomic E-state index is 13.7. The third kappa shape index (κ3) is 6.86. The summed E-state index contributed by atoms with van der Waals surface area (Å²) in [7, 11) is 0. The third-order valence-corrected chi connectivity index (χ3v) is 8.42. The number of halogens is 1. The van der Waals surface area contributed by atoms with E-state index in [0.717, 1.165) is 25.7 Å². The van der Waals surface area contributed by atoms with Crippen molar-refractivity contribution in [2.75, 3.05) is 12.8 Å². The van der Waals surface area contributed by atoms with Gasteiger partial charge >= 0.3 is 5.82 Å². The molecule has 1 aromatic heterocycles. The molecule has 2 aliphatic rings. The number of nitrogens with zero attached hydrogens (tertiary/aromatic N) is 1. The number of thioether (sulfide) groups is 1. The van der Waals surface area contributed by atoms with E-state index >= 15 is 0 Å². The van der Waals surface area contributed by atoms with Gasteiger partial charge in [0.05, 0.1) is 24.0 Å². The highest BCUT2D eigenvalue weighted by atomic mass is 35.5. The van der Waals surface area contributed by atoms with E-state index in [-0.39, 0.29) is 12.5 Å². The van der Waals surface area contributed by atoms with Crippen LogP contribution in [-0.4, -0.2) is 86.2 Å². The van der Waals surface area contributed by atoms with Crippen molar-refractivity contribution in [2.24, 2.45) is 5.92 Å². The van der Waals surface area contributed by atoms with Crippen LogP contribution in [0.25, 0.3) is 0 Å². The van der Waals surface area contributed by atoms with E-state index in [1.807, 2.05) is 4.90 Å². The number of amides is 1. The molecule has 12 heteroatoms. The van der Waals surface area contributed by atoms with Gasteiger partial charge in [-0.05, 0) is 51.8 Å². The zero-order chi connectivity index (χ0) is 26.6. The lowest BCUT2D eigenvalue weighted by atomic mass is 9.92. The maximum Gasteiger partial charge on any atom is 0.519 e. The number of hydrogen-bond donors (Lipinski definition) is 4. The number of carbonyl (C=O) groups excluding carboxylic acids is 1. The average Bonchev–Trinajstić information content (AvgIpc) is 3.02. The van der Waals surface area contributed by atoms with Crippen molar-refractivity contribution in [1.29, 1.82) is 0 Å². The van der Waals surface area contributed by atoms with Gasteiger partial charge < -0.3 is 34.2 Å². The number of likely N-dealkylation sites (tertiary alicyclic amines) is 1. The van der Waals surface area contributed by atoms with Gasteiger partial charge in [0.2, 0.25) is 5.91 Å². The highest BCUT2D eigenvalue weighted by molar-refractivity contribution is 7.99. The molecule has 2 fully saturated rings. The van der Waals surface area contributed by atoms with Crippen LogP contribution >= 0.6 is 23.4 Å². The number of aliphatic hydroxyl groups excluding tert-OH is 3. The summed E-state index contributed by atoms with van der Waals surface area (Å²) in [6.07, 6.45) is 1.09. The highest BCUT2D eigenvalue weighted by Gasteiger charge is 2.48. The number of alkyl halides is 1. The second kappa shape index (κ2) is 13.1. The molecule has 4 unspecified atom stereocenters. The fourth-order valence-electron chi connectivity index (χ4n) is 5.20.